The van der Waals surface area contributed by atoms with Crippen LogP contribution in [0.1, 0.15) is 32.5 Å². The number of likely N-dealkylation sites (N-methyl/N-ethyl adjacent to an activating group) is 1. The molecule has 0 bridgehead atoms. The molecule has 0 radical (unpaired) electrons. The molecule has 26 heavy (non-hydrogen) atoms. The fourth-order valence-corrected chi connectivity index (χ4v) is 3.49. The number of urea groups is 1. The summed E-state index contributed by atoms with van der Waals surface area (Å²) < 4.78 is 0. The summed E-state index contributed by atoms with van der Waals surface area (Å²) in [6.45, 7) is 9.68. The molecule has 2 aromatic rings. The third kappa shape index (κ3) is 4.97. The summed E-state index contributed by atoms with van der Waals surface area (Å²) in [4.78, 5) is 24.6. The van der Waals surface area contributed by atoms with Crippen molar-refractivity contribution < 1.29 is 4.79 Å². The number of hydrogen-bond donors (Lipinski definition) is 2. The van der Waals surface area contributed by atoms with Crippen LogP contribution in [0.4, 0.5) is 4.79 Å². The van der Waals surface area contributed by atoms with Crippen molar-refractivity contribution >= 4 is 17.1 Å². The third-order valence-electron chi connectivity index (χ3n) is 5.31. The number of likely N-dealkylation sites (tertiary alicyclic amines) is 1. The van der Waals surface area contributed by atoms with Crippen LogP contribution in [-0.4, -0.2) is 65.1 Å². The van der Waals surface area contributed by atoms with Crippen molar-refractivity contribution in [3.05, 3.63) is 30.1 Å². The first-order chi connectivity index (χ1) is 12.7. The lowest BCUT2D eigenvalue weighted by molar-refractivity contribution is 0.182. The Kier molecular flexibility index (Phi) is 6.50. The van der Waals surface area contributed by atoms with Crippen molar-refractivity contribution in [2.45, 2.75) is 33.1 Å². The first-order valence-corrected chi connectivity index (χ1v) is 9.84. The zero-order valence-electron chi connectivity index (χ0n) is 16.0. The average Bonchev–Trinajstić information content (AvgIpc) is 3.07. The predicted octanol–water partition coefficient (Wildman–Crippen LogP) is 2.87. The van der Waals surface area contributed by atoms with Gasteiger partial charge in [-0.3, -0.25) is 0 Å². The van der Waals surface area contributed by atoms with Gasteiger partial charge >= 0.3 is 6.03 Å². The number of para-hydroxylation sites is 2. The molecule has 1 fully saturated rings. The summed E-state index contributed by atoms with van der Waals surface area (Å²) in [6.07, 6.45) is 3.28. The van der Waals surface area contributed by atoms with Gasteiger partial charge in [0, 0.05) is 32.6 Å². The Morgan fingerprint density at radius 2 is 2.12 bits per heavy atom. The zero-order chi connectivity index (χ0) is 18.4. The maximum atomic E-state index is 12.4. The van der Waals surface area contributed by atoms with Gasteiger partial charge in [-0.2, -0.15) is 0 Å². The van der Waals surface area contributed by atoms with Crippen molar-refractivity contribution in [3.63, 3.8) is 0 Å². The van der Waals surface area contributed by atoms with Crippen LogP contribution in [0.25, 0.3) is 11.0 Å². The number of H-pyrrole nitrogens is 1. The molecule has 2 amide bonds. The molecule has 1 saturated heterocycles. The Hall–Kier alpha value is -2.08. The van der Waals surface area contributed by atoms with E-state index in [1.54, 1.807) is 0 Å². The predicted molar refractivity (Wildman–Crippen MR) is 105 cm³/mol. The molecule has 2 N–H and O–H groups in total. The molecule has 0 spiro atoms. The van der Waals surface area contributed by atoms with Crippen LogP contribution in [0.5, 0.6) is 0 Å². The summed E-state index contributed by atoms with van der Waals surface area (Å²) in [5.74, 6) is 1.77. The maximum Gasteiger partial charge on any atom is 0.317 e. The van der Waals surface area contributed by atoms with E-state index in [0.717, 1.165) is 48.8 Å². The Morgan fingerprint density at radius 3 is 2.85 bits per heavy atom. The van der Waals surface area contributed by atoms with E-state index in [-0.39, 0.29) is 6.03 Å². The minimum absolute atomic E-state index is 0.0222. The van der Waals surface area contributed by atoms with Crippen LogP contribution >= 0.6 is 0 Å². The monoisotopic (exact) mass is 357 g/mol. The number of aromatic nitrogens is 2. The van der Waals surface area contributed by atoms with E-state index in [1.807, 2.05) is 36.1 Å². The van der Waals surface area contributed by atoms with Crippen LogP contribution < -0.4 is 5.32 Å². The molecule has 6 nitrogen and oxygen atoms in total. The van der Waals surface area contributed by atoms with Gasteiger partial charge in [0.1, 0.15) is 5.82 Å². The highest BCUT2D eigenvalue weighted by atomic mass is 16.2. The number of imidazole rings is 1. The maximum absolute atomic E-state index is 12.4. The van der Waals surface area contributed by atoms with Gasteiger partial charge < -0.3 is 20.1 Å². The Balaban J connectivity index is 1.41. The molecule has 0 unspecified atom stereocenters. The second kappa shape index (κ2) is 9.03. The number of nitrogens with one attached hydrogen (secondary N) is 2. The van der Waals surface area contributed by atoms with Gasteiger partial charge in [-0.15, -0.1) is 0 Å². The quantitative estimate of drug-likeness (QED) is 0.801. The average molecular weight is 358 g/mol. The number of benzene rings is 1. The second-order valence-electron chi connectivity index (χ2n) is 7.29. The van der Waals surface area contributed by atoms with E-state index < -0.39 is 0 Å². The van der Waals surface area contributed by atoms with Gasteiger partial charge in [-0.25, -0.2) is 9.78 Å². The highest BCUT2D eigenvalue weighted by Gasteiger charge is 2.16. The molecule has 1 aliphatic rings. The van der Waals surface area contributed by atoms with E-state index in [9.17, 15) is 4.79 Å². The van der Waals surface area contributed by atoms with Gasteiger partial charge in [-0.05, 0) is 50.9 Å². The van der Waals surface area contributed by atoms with Crippen LogP contribution in [0.2, 0.25) is 0 Å². The third-order valence-corrected chi connectivity index (χ3v) is 5.31. The molecule has 3 rings (SSSR count). The number of nitrogens with zero attached hydrogens (tertiary/aromatic N) is 3. The Morgan fingerprint density at radius 1 is 1.35 bits per heavy atom. The van der Waals surface area contributed by atoms with E-state index in [1.165, 1.54) is 12.8 Å². The van der Waals surface area contributed by atoms with E-state index >= 15 is 0 Å². The number of aromatic amines is 1. The lowest BCUT2D eigenvalue weighted by atomic mass is 9.99. The zero-order valence-corrected chi connectivity index (χ0v) is 16.0. The second-order valence-corrected chi connectivity index (χ2v) is 7.29. The van der Waals surface area contributed by atoms with Crippen molar-refractivity contribution in [1.29, 1.82) is 0 Å². The molecule has 0 atom stereocenters. The highest BCUT2D eigenvalue weighted by Crippen LogP contribution is 2.15. The molecule has 1 aliphatic heterocycles. The normalized spacial score (nSPS) is 16.1. The van der Waals surface area contributed by atoms with E-state index in [0.29, 0.717) is 19.6 Å². The fraction of sp³-hybridized carbons (Fsp3) is 0.600. The van der Waals surface area contributed by atoms with Gasteiger partial charge in [0.15, 0.2) is 0 Å². The number of amides is 2. The number of piperidine rings is 1. The Bertz CT molecular complexity index is 672. The number of carbonyl (C=O) groups is 1. The topological polar surface area (TPSA) is 64.3 Å². The molecule has 0 aliphatic carbocycles. The molecular weight excluding hydrogens is 326 g/mol. The molecule has 142 valence electrons. The first-order valence-electron chi connectivity index (χ1n) is 9.84. The fourth-order valence-electron chi connectivity index (χ4n) is 3.49. The van der Waals surface area contributed by atoms with Crippen LogP contribution in [0.15, 0.2) is 24.3 Å². The molecule has 0 saturated carbocycles. The number of fused-ring (bicyclic) bond motifs is 1. The van der Waals surface area contributed by atoms with Gasteiger partial charge in [0.05, 0.1) is 11.0 Å². The highest BCUT2D eigenvalue weighted by molar-refractivity contribution is 5.75. The van der Waals surface area contributed by atoms with Gasteiger partial charge in [0.2, 0.25) is 0 Å². The van der Waals surface area contributed by atoms with Crippen LogP contribution in [0, 0.1) is 5.92 Å². The van der Waals surface area contributed by atoms with Crippen LogP contribution in [-0.2, 0) is 6.42 Å². The molecule has 2 heterocycles. The summed E-state index contributed by atoms with van der Waals surface area (Å²) in [5, 5.41) is 3.07. The summed E-state index contributed by atoms with van der Waals surface area (Å²) in [5.41, 5.74) is 2.02. The SMILES string of the molecule is CCN(CCc1nc2ccccc2[nH]1)C(=O)NCCN1CCC(C)CC1. The van der Waals surface area contributed by atoms with Crippen molar-refractivity contribution in [1.82, 2.24) is 25.1 Å². The molecule has 6 heteroatoms. The number of rotatable bonds is 7. The smallest absolute Gasteiger partial charge is 0.317 e. The minimum atomic E-state index is 0.0222. The summed E-state index contributed by atoms with van der Waals surface area (Å²) >= 11 is 0. The standard InChI is InChI=1S/C20H31N5O/c1-3-25(14-10-19-22-17-6-4-5-7-18(17)23-19)20(26)21-11-15-24-12-8-16(2)9-13-24/h4-7,16H,3,8-15H2,1-2H3,(H,21,26)(H,22,23). The van der Waals surface area contributed by atoms with Gasteiger partial charge in [-0.1, -0.05) is 19.1 Å². The van der Waals surface area contributed by atoms with E-state index in [2.05, 4.69) is 27.1 Å². The number of hydrogen-bond acceptors (Lipinski definition) is 3. The minimum Gasteiger partial charge on any atom is -0.342 e. The molecule has 1 aromatic heterocycles. The number of carbonyl (C=O) groups excluding carboxylic acids is 1. The van der Waals surface area contributed by atoms with E-state index in [4.69, 9.17) is 0 Å². The molecular formula is C20H31N5O. The van der Waals surface area contributed by atoms with Crippen molar-refractivity contribution in [2.75, 3.05) is 39.3 Å². The first kappa shape index (κ1) is 18.7. The van der Waals surface area contributed by atoms with Crippen molar-refractivity contribution in [2.24, 2.45) is 5.92 Å². The van der Waals surface area contributed by atoms with Gasteiger partial charge in [0.25, 0.3) is 0 Å². The molecule has 1 aromatic carbocycles. The Labute approximate surface area is 156 Å². The lowest BCUT2D eigenvalue weighted by Gasteiger charge is -2.30. The summed E-state index contributed by atoms with van der Waals surface area (Å²) in [6, 6.07) is 8.04. The van der Waals surface area contributed by atoms with Crippen molar-refractivity contribution in [3.8, 4) is 0 Å². The largest absolute Gasteiger partial charge is 0.342 e. The van der Waals surface area contributed by atoms with Crippen LogP contribution in [0.3, 0.4) is 0 Å². The summed E-state index contributed by atoms with van der Waals surface area (Å²) in [7, 11) is 0. The lowest BCUT2D eigenvalue weighted by Crippen LogP contribution is -2.45.